The highest BCUT2D eigenvalue weighted by molar-refractivity contribution is 5.95. The van der Waals surface area contributed by atoms with Crippen molar-refractivity contribution < 1.29 is 27.6 Å². The van der Waals surface area contributed by atoms with Crippen LogP contribution in [0.1, 0.15) is 41.5 Å². The molecule has 5 N–H and O–H groups in total. The predicted molar refractivity (Wildman–Crippen MR) is 95.5 cm³/mol. The Morgan fingerprint density at radius 2 is 1.68 bits per heavy atom. The lowest BCUT2D eigenvalue weighted by Crippen LogP contribution is -2.62. The van der Waals surface area contributed by atoms with E-state index in [0.29, 0.717) is 0 Å². The molecule has 10 heteroatoms. The van der Waals surface area contributed by atoms with Crippen molar-refractivity contribution in [2.45, 2.75) is 65.8 Å². The number of piperidine rings is 1. The second-order valence-electron chi connectivity index (χ2n) is 9.56. The zero-order valence-electron chi connectivity index (χ0n) is 17.0. The molecule has 7 nitrogen and oxygen atoms in total. The Kier molecular flexibility index (Phi) is 5.08. The first-order valence-corrected chi connectivity index (χ1v) is 9.14. The lowest BCUT2D eigenvalue weighted by Gasteiger charge is -2.40. The largest absolute Gasteiger partial charge is 0.471 e. The topological polar surface area (TPSA) is 119 Å². The number of rotatable bonds is 4. The fraction of sp³-hybridized carbons (Fsp3) is 0.833. The molecular weight excluding hydrogens is 377 g/mol. The van der Waals surface area contributed by atoms with E-state index in [0.717, 1.165) is 0 Å². The number of fused-ring (bicyclic) bond motifs is 1. The third kappa shape index (κ3) is 3.05. The second kappa shape index (κ2) is 6.33. The van der Waals surface area contributed by atoms with Gasteiger partial charge in [-0.1, -0.05) is 34.6 Å². The highest BCUT2D eigenvalue weighted by Gasteiger charge is 2.82. The van der Waals surface area contributed by atoms with E-state index in [1.165, 1.54) is 25.7 Å². The van der Waals surface area contributed by atoms with E-state index in [1.807, 2.05) is 13.8 Å². The molecule has 0 aromatic carbocycles. The van der Waals surface area contributed by atoms with Crippen molar-refractivity contribution >= 4 is 17.7 Å². The van der Waals surface area contributed by atoms with E-state index in [4.69, 9.17) is 11.5 Å². The molecule has 1 aliphatic carbocycles. The lowest BCUT2D eigenvalue weighted by molar-refractivity contribution is -0.176. The molecule has 28 heavy (non-hydrogen) atoms. The normalized spacial score (nSPS) is 31.0. The second-order valence-corrected chi connectivity index (χ2v) is 9.56. The number of hydrogen-bond acceptors (Lipinski definition) is 4. The predicted octanol–water partition coefficient (Wildman–Crippen LogP) is 0.765. The van der Waals surface area contributed by atoms with E-state index in [1.54, 1.807) is 12.2 Å². The summed E-state index contributed by atoms with van der Waals surface area (Å²) in [6.07, 6.45) is -5.13. The van der Waals surface area contributed by atoms with Gasteiger partial charge in [0.25, 0.3) is 0 Å². The molecule has 1 saturated carbocycles. The molecule has 0 radical (unpaired) electrons. The van der Waals surface area contributed by atoms with Crippen molar-refractivity contribution in [2.75, 3.05) is 6.54 Å². The van der Waals surface area contributed by atoms with Crippen molar-refractivity contribution in [1.82, 2.24) is 10.2 Å². The summed E-state index contributed by atoms with van der Waals surface area (Å²) >= 11 is 0. The van der Waals surface area contributed by atoms with Crippen LogP contribution in [0.4, 0.5) is 13.2 Å². The summed E-state index contributed by atoms with van der Waals surface area (Å²) in [5.41, 5.74) is 9.67. The third-order valence-corrected chi connectivity index (χ3v) is 6.58. The van der Waals surface area contributed by atoms with Gasteiger partial charge in [-0.05, 0) is 23.7 Å². The summed E-state index contributed by atoms with van der Waals surface area (Å²) in [6, 6.07) is -2.98. The van der Waals surface area contributed by atoms with Gasteiger partial charge in [-0.25, -0.2) is 0 Å². The highest BCUT2D eigenvalue weighted by atomic mass is 19.4. The fourth-order valence-corrected chi connectivity index (χ4v) is 5.21. The van der Waals surface area contributed by atoms with Crippen LogP contribution >= 0.6 is 0 Å². The summed E-state index contributed by atoms with van der Waals surface area (Å²) in [7, 11) is 0. The average Bonchev–Trinajstić information content (AvgIpc) is 2.83. The molecule has 0 aromatic rings. The Labute approximate surface area is 162 Å². The molecule has 0 bridgehead atoms. The third-order valence-electron chi connectivity index (χ3n) is 6.58. The number of carbonyl (C=O) groups is 3. The van der Waals surface area contributed by atoms with Gasteiger partial charge in [0.1, 0.15) is 12.1 Å². The molecule has 2 rings (SSSR count). The van der Waals surface area contributed by atoms with Crippen LogP contribution in [0.5, 0.6) is 0 Å². The summed E-state index contributed by atoms with van der Waals surface area (Å²) in [6.45, 7) is 10.4. The van der Waals surface area contributed by atoms with E-state index in [9.17, 15) is 27.6 Å². The van der Waals surface area contributed by atoms with E-state index in [-0.39, 0.29) is 17.9 Å². The molecule has 0 aromatic heterocycles. The van der Waals surface area contributed by atoms with Gasteiger partial charge in [-0.2, -0.15) is 13.2 Å². The summed E-state index contributed by atoms with van der Waals surface area (Å²) in [4.78, 5) is 38.2. The van der Waals surface area contributed by atoms with Gasteiger partial charge in [0.2, 0.25) is 11.8 Å². The molecule has 3 unspecified atom stereocenters. The molecule has 1 aliphatic heterocycles. The molecule has 3 amide bonds. The molecule has 1 heterocycles. The van der Waals surface area contributed by atoms with E-state index in [2.05, 4.69) is 0 Å². The Balaban J connectivity index is 2.41. The highest BCUT2D eigenvalue weighted by Crippen LogP contribution is 2.76. The maximum absolute atomic E-state index is 13.2. The number of nitrogens with two attached hydrogens (primary N) is 2. The molecule has 2 fully saturated rings. The van der Waals surface area contributed by atoms with Crippen LogP contribution < -0.4 is 16.8 Å². The first-order valence-electron chi connectivity index (χ1n) is 9.14. The van der Waals surface area contributed by atoms with Gasteiger partial charge in [-0.3, -0.25) is 14.4 Å². The number of nitrogens with one attached hydrogen (secondary N) is 1. The minimum absolute atomic E-state index is 0.111. The molecule has 0 spiro atoms. The van der Waals surface area contributed by atoms with Crippen molar-refractivity contribution in [3.63, 3.8) is 0 Å². The zero-order valence-corrected chi connectivity index (χ0v) is 17.0. The van der Waals surface area contributed by atoms with Gasteiger partial charge in [0.05, 0.1) is 0 Å². The molecule has 5 atom stereocenters. The Hall–Kier alpha value is -1.84. The summed E-state index contributed by atoms with van der Waals surface area (Å²) < 4.78 is 38.3. The first-order chi connectivity index (χ1) is 12.4. The number of amides is 3. The molecule has 2 aliphatic rings. The zero-order chi connectivity index (χ0) is 22.0. The fourth-order valence-electron chi connectivity index (χ4n) is 5.21. The van der Waals surface area contributed by atoms with Crippen molar-refractivity contribution in [2.24, 2.45) is 33.6 Å². The number of likely N-dealkylation sites (tertiary alicyclic amines) is 1. The standard InChI is InChI=1S/C18H29F3N4O3/c1-8(22)17-9(16(17,5)6)7-25(11(17)12(23)26)13(27)10(15(2,3)4)24-14(28)18(19,20)21/h8-11H,7,22H2,1-6H3,(H2,23,26)(H,24,28)/t8-,9?,10+,11?,17?/m0/s1. The smallest absolute Gasteiger partial charge is 0.368 e. The number of carbonyl (C=O) groups excluding carboxylic acids is 3. The number of primary amides is 1. The molecule has 160 valence electrons. The maximum atomic E-state index is 13.2. The number of halogens is 3. The number of nitrogens with zero attached hydrogens (tertiary/aromatic N) is 1. The Morgan fingerprint density at radius 3 is 2.04 bits per heavy atom. The van der Waals surface area contributed by atoms with E-state index >= 15 is 0 Å². The molecular formula is C18H29F3N4O3. The molecule has 1 saturated heterocycles. The average molecular weight is 406 g/mol. The number of hydrogen-bond donors (Lipinski definition) is 3. The van der Waals surface area contributed by atoms with Crippen LogP contribution in [0.3, 0.4) is 0 Å². The van der Waals surface area contributed by atoms with E-state index < -0.39 is 52.9 Å². The van der Waals surface area contributed by atoms with Crippen LogP contribution in [0.15, 0.2) is 0 Å². The van der Waals surface area contributed by atoms with Gasteiger partial charge >= 0.3 is 12.1 Å². The minimum Gasteiger partial charge on any atom is -0.368 e. The van der Waals surface area contributed by atoms with Crippen molar-refractivity contribution in [1.29, 1.82) is 0 Å². The quantitative estimate of drug-likeness (QED) is 0.639. The monoisotopic (exact) mass is 406 g/mol. The first kappa shape index (κ1) is 22.4. The van der Waals surface area contributed by atoms with Gasteiger partial charge < -0.3 is 21.7 Å². The minimum atomic E-state index is -5.13. The summed E-state index contributed by atoms with van der Waals surface area (Å²) in [5.74, 6) is -3.84. The van der Waals surface area contributed by atoms with Crippen LogP contribution in [0, 0.1) is 22.2 Å². The van der Waals surface area contributed by atoms with Crippen LogP contribution in [-0.4, -0.2) is 53.5 Å². The maximum Gasteiger partial charge on any atom is 0.471 e. The van der Waals surface area contributed by atoms with Gasteiger partial charge in [-0.15, -0.1) is 0 Å². The Morgan fingerprint density at radius 1 is 1.18 bits per heavy atom. The Bertz CT molecular complexity index is 699. The van der Waals surface area contributed by atoms with Crippen LogP contribution in [0.25, 0.3) is 0 Å². The number of alkyl halides is 3. The van der Waals surface area contributed by atoms with Gasteiger partial charge in [0.15, 0.2) is 0 Å². The van der Waals surface area contributed by atoms with Gasteiger partial charge in [0, 0.05) is 18.0 Å². The lowest BCUT2D eigenvalue weighted by atomic mass is 9.80. The van der Waals surface area contributed by atoms with Crippen molar-refractivity contribution in [3.05, 3.63) is 0 Å². The van der Waals surface area contributed by atoms with Crippen molar-refractivity contribution in [3.8, 4) is 0 Å². The summed E-state index contributed by atoms with van der Waals surface area (Å²) in [5, 5.41) is 1.79. The van der Waals surface area contributed by atoms with Crippen LogP contribution in [0.2, 0.25) is 0 Å². The van der Waals surface area contributed by atoms with Crippen LogP contribution in [-0.2, 0) is 14.4 Å². The SMILES string of the molecule is C[C@H](N)C12C(C(N)=O)N(C(=O)[C@@H](NC(=O)C(F)(F)F)C(C)(C)C)CC1C2(C)C.